The molecule has 3 aromatic rings. The summed E-state index contributed by atoms with van der Waals surface area (Å²) in [6.07, 6.45) is 2.93. The second-order valence-electron chi connectivity index (χ2n) is 6.41. The average molecular weight is 404 g/mol. The minimum Gasteiger partial charge on any atom is -0.350 e. The third-order valence-electron chi connectivity index (χ3n) is 4.56. The number of rotatable bonds is 6. The summed E-state index contributed by atoms with van der Waals surface area (Å²) in [5.74, 6) is 0.596. The molecule has 0 saturated carbocycles. The smallest absolute Gasteiger partial charge is 0.253 e. The first-order chi connectivity index (χ1) is 12.9. The highest BCUT2D eigenvalue weighted by molar-refractivity contribution is 7.98. The van der Waals surface area contributed by atoms with Crippen molar-refractivity contribution in [1.82, 2.24) is 24.9 Å². The van der Waals surface area contributed by atoms with E-state index in [2.05, 4.69) is 20.4 Å². The number of hydrogen-bond acceptors (Lipinski definition) is 5. The Morgan fingerprint density at radius 1 is 1.26 bits per heavy atom. The summed E-state index contributed by atoms with van der Waals surface area (Å²) >= 11 is 7.40. The Bertz CT molecular complexity index is 970. The molecule has 1 amide bonds. The molecule has 0 aliphatic heterocycles. The van der Waals surface area contributed by atoms with E-state index in [1.54, 1.807) is 4.52 Å². The fourth-order valence-electron chi connectivity index (χ4n) is 3.03. The molecular weight excluding hydrogens is 382 g/mol. The lowest BCUT2D eigenvalue weighted by atomic mass is 10.1. The van der Waals surface area contributed by atoms with Crippen LogP contribution in [0.5, 0.6) is 0 Å². The number of hydrogen-bond donors (Lipinski definition) is 1. The number of carbonyl (C=O) groups is 1. The van der Waals surface area contributed by atoms with Gasteiger partial charge in [-0.25, -0.2) is 9.50 Å². The number of amides is 1. The van der Waals surface area contributed by atoms with Crippen molar-refractivity contribution in [1.29, 1.82) is 0 Å². The van der Waals surface area contributed by atoms with Crippen molar-refractivity contribution < 1.29 is 4.79 Å². The van der Waals surface area contributed by atoms with Crippen LogP contribution in [0, 0.1) is 13.8 Å². The quantitative estimate of drug-likeness (QED) is 0.631. The van der Waals surface area contributed by atoms with Gasteiger partial charge in [-0.15, -0.1) is 5.10 Å². The Morgan fingerprint density at radius 3 is 2.63 bits per heavy atom. The van der Waals surface area contributed by atoms with Crippen LogP contribution in [0.25, 0.3) is 5.78 Å². The number of nitrogens with one attached hydrogen (secondary N) is 1. The van der Waals surface area contributed by atoms with Gasteiger partial charge in [0.1, 0.15) is 0 Å². The van der Waals surface area contributed by atoms with Crippen LogP contribution in [-0.2, 0) is 11.2 Å². The van der Waals surface area contributed by atoms with Crippen LogP contribution in [-0.4, -0.2) is 31.7 Å². The number of aromatic nitrogens is 4. The Labute approximate surface area is 167 Å². The summed E-state index contributed by atoms with van der Waals surface area (Å²) in [5, 5.41) is 8.86. The van der Waals surface area contributed by atoms with Gasteiger partial charge >= 0.3 is 0 Å². The van der Waals surface area contributed by atoms with Gasteiger partial charge in [-0.05, 0) is 56.7 Å². The first-order valence-electron chi connectivity index (χ1n) is 8.70. The topological polar surface area (TPSA) is 72.2 Å². The van der Waals surface area contributed by atoms with Crippen LogP contribution in [0.4, 0.5) is 0 Å². The minimum atomic E-state index is -0.0722. The molecular formula is C19H22ClN5OS. The Morgan fingerprint density at radius 2 is 1.96 bits per heavy atom. The number of aryl methyl sites for hydroxylation is 2. The van der Waals surface area contributed by atoms with E-state index in [-0.39, 0.29) is 11.9 Å². The molecule has 2 heterocycles. The summed E-state index contributed by atoms with van der Waals surface area (Å²) < 4.78 is 1.75. The molecule has 2 aromatic heterocycles. The van der Waals surface area contributed by atoms with Crippen LogP contribution in [0.3, 0.4) is 0 Å². The number of benzene rings is 1. The van der Waals surface area contributed by atoms with Crippen molar-refractivity contribution in [3.05, 3.63) is 51.8 Å². The summed E-state index contributed by atoms with van der Waals surface area (Å²) in [5.41, 5.74) is 3.92. The van der Waals surface area contributed by atoms with Crippen LogP contribution >= 0.6 is 23.4 Å². The summed E-state index contributed by atoms with van der Waals surface area (Å²) in [6, 6.07) is 7.43. The maximum absolute atomic E-state index is 12.4. The molecule has 0 aliphatic carbocycles. The predicted molar refractivity (Wildman–Crippen MR) is 108 cm³/mol. The number of halogens is 1. The van der Waals surface area contributed by atoms with Crippen molar-refractivity contribution in [2.45, 2.75) is 44.8 Å². The summed E-state index contributed by atoms with van der Waals surface area (Å²) in [6.45, 7) is 5.90. The molecule has 27 heavy (non-hydrogen) atoms. The van der Waals surface area contributed by atoms with Gasteiger partial charge < -0.3 is 5.32 Å². The number of carbonyl (C=O) groups excluding carboxylic acids is 1. The summed E-state index contributed by atoms with van der Waals surface area (Å²) in [7, 11) is 0. The molecule has 0 fully saturated rings. The highest BCUT2D eigenvalue weighted by Crippen LogP contribution is 2.19. The van der Waals surface area contributed by atoms with Gasteiger partial charge in [-0.1, -0.05) is 35.5 Å². The third kappa shape index (κ3) is 4.42. The average Bonchev–Trinajstić information content (AvgIpc) is 3.05. The molecule has 0 unspecified atom stereocenters. The van der Waals surface area contributed by atoms with E-state index in [0.717, 1.165) is 22.5 Å². The van der Waals surface area contributed by atoms with Crippen molar-refractivity contribution in [2.75, 3.05) is 6.26 Å². The van der Waals surface area contributed by atoms with E-state index < -0.39 is 0 Å². The van der Waals surface area contributed by atoms with Crippen LogP contribution < -0.4 is 5.32 Å². The first kappa shape index (κ1) is 19.6. The van der Waals surface area contributed by atoms with Gasteiger partial charge in [0, 0.05) is 22.8 Å². The number of thioether (sulfide) groups is 1. The largest absolute Gasteiger partial charge is 0.350 e. The predicted octanol–water partition coefficient (Wildman–Crippen LogP) is 3.93. The Kier molecular flexibility index (Phi) is 6.01. The van der Waals surface area contributed by atoms with Crippen molar-refractivity contribution in [2.24, 2.45) is 0 Å². The molecule has 3 rings (SSSR count). The molecule has 6 nitrogen and oxygen atoms in total. The van der Waals surface area contributed by atoms with Gasteiger partial charge in [0.2, 0.25) is 11.1 Å². The van der Waals surface area contributed by atoms with Gasteiger partial charge in [0.15, 0.2) is 0 Å². The zero-order chi connectivity index (χ0) is 19.6. The molecule has 0 radical (unpaired) electrons. The Hall–Kier alpha value is -2.12. The van der Waals surface area contributed by atoms with E-state index in [1.807, 2.05) is 51.3 Å². The highest BCUT2D eigenvalue weighted by Gasteiger charge is 2.15. The Balaban J connectivity index is 1.68. The maximum atomic E-state index is 12.4. The van der Waals surface area contributed by atoms with Crippen LogP contribution in [0.1, 0.15) is 41.9 Å². The van der Waals surface area contributed by atoms with Gasteiger partial charge in [0.25, 0.3) is 5.78 Å². The van der Waals surface area contributed by atoms with E-state index >= 15 is 0 Å². The van der Waals surface area contributed by atoms with Crippen LogP contribution in [0.2, 0.25) is 5.02 Å². The monoisotopic (exact) mass is 403 g/mol. The SMILES string of the molecule is CSc1nc2nc(C)c(CCC(=O)N[C@@H](C)c3ccc(Cl)cc3)c(C)n2n1. The second kappa shape index (κ2) is 8.27. The minimum absolute atomic E-state index is 0.000241. The van der Waals surface area contributed by atoms with Crippen LogP contribution in [0.15, 0.2) is 29.4 Å². The molecule has 142 valence electrons. The van der Waals surface area contributed by atoms with E-state index in [1.165, 1.54) is 11.8 Å². The molecule has 1 N–H and O–H groups in total. The van der Waals surface area contributed by atoms with Crippen molar-refractivity contribution >= 4 is 35.0 Å². The lowest BCUT2D eigenvalue weighted by Gasteiger charge is -2.15. The van der Waals surface area contributed by atoms with E-state index in [4.69, 9.17) is 11.6 Å². The molecule has 8 heteroatoms. The van der Waals surface area contributed by atoms with Gasteiger partial charge in [-0.3, -0.25) is 4.79 Å². The van der Waals surface area contributed by atoms with Crippen molar-refractivity contribution in [3.63, 3.8) is 0 Å². The molecule has 0 aliphatic rings. The lowest BCUT2D eigenvalue weighted by Crippen LogP contribution is -2.27. The summed E-state index contributed by atoms with van der Waals surface area (Å²) in [4.78, 5) is 21.3. The molecule has 0 bridgehead atoms. The first-order valence-corrected chi connectivity index (χ1v) is 10.3. The second-order valence-corrected chi connectivity index (χ2v) is 7.62. The highest BCUT2D eigenvalue weighted by atomic mass is 35.5. The third-order valence-corrected chi connectivity index (χ3v) is 5.35. The number of nitrogens with zero attached hydrogens (tertiary/aromatic N) is 4. The zero-order valence-corrected chi connectivity index (χ0v) is 17.4. The lowest BCUT2D eigenvalue weighted by molar-refractivity contribution is -0.121. The fraction of sp³-hybridized carbons (Fsp3) is 0.368. The fourth-order valence-corrected chi connectivity index (χ4v) is 3.49. The molecule has 1 aromatic carbocycles. The van der Waals surface area contributed by atoms with E-state index in [0.29, 0.717) is 28.8 Å². The maximum Gasteiger partial charge on any atom is 0.253 e. The molecule has 0 spiro atoms. The van der Waals surface area contributed by atoms with E-state index in [9.17, 15) is 4.79 Å². The van der Waals surface area contributed by atoms with Gasteiger partial charge in [0.05, 0.1) is 6.04 Å². The van der Waals surface area contributed by atoms with Gasteiger partial charge in [-0.2, -0.15) is 4.98 Å². The molecule has 1 atom stereocenters. The standard InChI is InChI=1S/C19H22ClN5OS/c1-11(14-5-7-15(20)8-6-14)21-17(26)10-9-16-12(2)22-18-23-19(27-4)24-25(18)13(16)3/h5-8,11H,9-10H2,1-4H3,(H,21,26)/t11-/m0/s1. The van der Waals surface area contributed by atoms with Crippen molar-refractivity contribution in [3.8, 4) is 0 Å². The number of fused-ring (bicyclic) bond motifs is 1. The molecule has 0 saturated heterocycles. The zero-order valence-electron chi connectivity index (χ0n) is 15.8. The normalized spacial score (nSPS) is 12.3.